The second-order valence-corrected chi connectivity index (χ2v) is 7.23. The summed E-state index contributed by atoms with van der Waals surface area (Å²) in [5.74, 6) is 0.599. The second-order valence-electron chi connectivity index (χ2n) is 6.06. The van der Waals surface area contributed by atoms with Crippen molar-refractivity contribution < 1.29 is 20.1 Å². The van der Waals surface area contributed by atoms with E-state index < -0.39 is 6.10 Å². The van der Waals surface area contributed by atoms with Crippen molar-refractivity contribution in [1.82, 2.24) is 0 Å². The largest absolute Gasteiger partial charge is 0.504 e. The second kappa shape index (κ2) is 11.4. The molecule has 26 heavy (non-hydrogen) atoms. The Hall–Kier alpha value is -1.31. The van der Waals surface area contributed by atoms with E-state index in [0.29, 0.717) is 12.2 Å². The van der Waals surface area contributed by atoms with Gasteiger partial charge in [0.2, 0.25) is 0 Å². The molecule has 0 aliphatic carbocycles. The molecule has 0 bridgehead atoms. The third-order valence-electron chi connectivity index (χ3n) is 4.34. The van der Waals surface area contributed by atoms with Crippen molar-refractivity contribution in [1.29, 1.82) is 0 Å². The van der Waals surface area contributed by atoms with Gasteiger partial charge in [0.25, 0.3) is 0 Å². The summed E-state index contributed by atoms with van der Waals surface area (Å²) in [6.45, 7) is 7.93. The number of halogens is 1. The Bertz CT molecular complexity index is 677. The van der Waals surface area contributed by atoms with E-state index in [1.165, 1.54) is 12.7 Å². The highest BCUT2D eigenvalue weighted by molar-refractivity contribution is 14.1. The average molecular weight is 472 g/mol. The van der Waals surface area contributed by atoms with Gasteiger partial charge in [0.1, 0.15) is 0 Å². The van der Waals surface area contributed by atoms with Crippen molar-refractivity contribution in [2.24, 2.45) is 0 Å². The monoisotopic (exact) mass is 472 g/mol. The number of hydrogen-bond acceptors (Lipinski definition) is 4. The van der Waals surface area contributed by atoms with Crippen LogP contribution < -0.4 is 4.74 Å². The molecule has 5 heteroatoms. The fraction of sp³-hybridized carbons (Fsp3) is 0.429. The number of phenols is 1. The first kappa shape index (κ1) is 22.7. The van der Waals surface area contributed by atoms with Crippen LogP contribution in [-0.4, -0.2) is 35.1 Å². The molecule has 1 unspecified atom stereocenters. The van der Waals surface area contributed by atoms with E-state index in [1.54, 1.807) is 12.1 Å². The molecule has 0 saturated carbocycles. The van der Waals surface area contributed by atoms with E-state index in [1.807, 2.05) is 13.0 Å². The van der Waals surface area contributed by atoms with E-state index in [9.17, 15) is 15.3 Å². The predicted octanol–water partition coefficient (Wildman–Crippen LogP) is 4.82. The van der Waals surface area contributed by atoms with Gasteiger partial charge in [0.05, 0.1) is 23.4 Å². The molecule has 3 N–H and O–H groups in total. The van der Waals surface area contributed by atoms with E-state index in [2.05, 4.69) is 42.2 Å². The molecular weight excluding hydrogens is 443 g/mol. The first-order chi connectivity index (χ1) is 12.4. The van der Waals surface area contributed by atoms with Crippen molar-refractivity contribution in [3.63, 3.8) is 0 Å². The zero-order chi connectivity index (χ0) is 19.7. The fourth-order valence-electron chi connectivity index (χ4n) is 2.72. The Labute approximate surface area is 170 Å². The van der Waals surface area contributed by atoms with E-state index in [4.69, 9.17) is 4.74 Å². The maximum atomic E-state index is 10.5. The molecule has 0 radical (unpaired) electrons. The number of ether oxygens (including phenoxy) is 1. The van der Waals surface area contributed by atoms with Crippen LogP contribution in [0.5, 0.6) is 11.5 Å². The lowest BCUT2D eigenvalue weighted by Gasteiger charge is -2.17. The molecule has 0 aliphatic heterocycles. The topological polar surface area (TPSA) is 69.9 Å². The molecule has 0 saturated heterocycles. The first-order valence-electron chi connectivity index (χ1n) is 8.80. The number of allylic oxidation sites excluding steroid dienone is 1. The lowest BCUT2D eigenvalue weighted by molar-refractivity contribution is 0.200. The Morgan fingerprint density at radius 3 is 2.54 bits per heavy atom. The Morgan fingerprint density at radius 1 is 1.31 bits per heavy atom. The molecule has 1 aromatic rings. The third-order valence-corrected chi connectivity index (χ3v) is 5.16. The molecule has 144 valence electrons. The van der Waals surface area contributed by atoms with Gasteiger partial charge in [0.15, 0.2) is 11.5 Å². The SMILES string of the molecule is C=C(CC)/C(=C/CO)C(O)CC/C(=C/c1cc(I)c(O)c(OC)c1)CC. The summed E-state index contributed by atoms with van der Waals surface area (Å²) in [6, 6.07) is 3.71. The number of benzene rings is 1. The van der Waals surface area contributed by atoms with Crippen LogP contribution in [0.3, 0.4) is 0 Å². The highest BCUT2D eigenvalue weighted by atomic mass is 127. The molecule has 0 aromatic heterocycles. The van der Waals surface area contributed by atoms with Crippen LogP contribution in [0.15, 0.2) is 41.5 Å². The summed E-state index contributed by atoms with van der Waals surface area (Å²) in [5, 5.41) is 29.6. The normalized spacial score (nSPS) is 13.6. The molecule has 0 heterocycles. The van der Waals surface area contributed by atoms with Crippen molar-refractivity contribution in [2.45, 2.75) is 45.6 Å². The predicted molar refractivity (Wildman–Crippen MR) is 115 cm³/mol. The minimum absolute atomic E-state index is 0.104. The van der Waals surface area contributed by atoms with Crippen molar-refractivity contribution >= 4 is 28.7 Å². The summed E-state index contributed by atoms with van der Waals surface area (Å²) in [6.07, 6.45) is 5.97. The lowest BCUT2D eigenvalue weighted by Crippen LogP contribution is -2.13. The maximum Gasteiger partial charge on any atom is 0.171 e. The van der Waals surface area contributed by atoms with E-state index >= 15 is 0 Å². The highest BCUT2D eigenvalue weighted by Crippen LogP contribution is 2.33. The number of phenolic OH excluding ortho intramolecular Hbond substituents is 1. The van der Waals surface area contributed by atoms with Crippen LogP contribution in [0.2, 0.25) is 0 Å². The van der Waals surface area contributed by atoms with Gasteiger partial charge in [-0.25, -0.2) is 0 Å². The average Bonchev–Trinajstić information content (AvgIpc) is 2.64. The van der Waals surface area contributed by atoms with Crippen LogP contribution >= 0.6 is 22.6 Å². The van der Waals surface area contributed by atoms with Gasteiger partial charge in [-0.2, -0.15) is 0 Å². The number of hydrogen-bond donors (Lipinski definition) is 3. The molecule has 0 spiro atoms. The fourth-order valence-corrected chi connectivity index (χ4v) is 3.34. The number of rotatable bonds is 10. The molecule has 0 amide bonds. The zero-order valence-corrected chi connectivity index (χ0v) is 17.9. The third kappa shape index (κ3) is 6.45. The molecule has 1 rings (SSSR count). The summed E-state index contributed by atoms with van der Waals surface area (Å²) in [5.41, 5.74) is 3.73. The molecule has 0 aliphatic rings. The quantitative estimate of drug-likeness (QED) is 0.337. The van der Waals surface area contributed by atoms with Crippen LogP contribution in [0.4, 0.5) is 0 Å². The van der Waals surface area contributed by atoms with Gasteiger partial charge >= 0.3 is 0 Å². The van der Waals surface area contributed by atoms with Crippen molar-refractivity contribution in [2.75, 3.05) is 13.7 Å². The maximum absolute atomic E-state index is 10.5. The smallest absolute Gasteiger partial charge is 0.171 e. The summed E-state index contributed by atoms with van der Waals surface area (Å²) < 4.78 is 5.94. The van der Waals surface area contributed by atoms with Crippen molar-refractivity contribution in [3.05, 3.63) is 50.6 Å². The number of aliphatic hydroxyl groups is 2. The van der Waals surface area contributed by atoms with Crippen molar-refractivity contribution in [3.8, 4) is 11.5 Å². The highest BCUT2D eigenvalue weighted by Gasteiger charge is 2.14. The van der Waals surface area contributed by atoms with Gasteiger partial charge in [-0.1, -0.05) is 38.2 Å². The minimum atomic E-state index is -0.640. The van der Waals surface area contributed by atoms with Crippen LogP contribution in [-0.2, 0) is 0 Å². The Balaban J connectivity index is 2.93. The number of aromatic hydroxyl groups is 1. The van der Waals surface area contributed by atoms with E-state index in [-0.39, 0.29) is 12.4 Å². The van der Waals surface area contributed by atoms with Gasteiger partial charge in [-0.05, 0) is 77.1 Å². The zero-order valence-electron chi connectivity index (χ0n) is 15.8. The molecule has 1 atom stereocenters. The van der Waals surface area contributed by atoms with Gasteiger partial charge in [0, 0.05) is 0 Å². The van der Waals surface area contributed by atoms with E-state index in [0.717, 1.165) is 39.5 Å². The lowest BCUT2D eigenvalue weighted by atomic mass is 9.93. The molecule has 4 nitrogen and oxygen atoms in total. The number of aliphatic hydroxyl groups excluding tert-OH is 2. The van der Waals surface area contributed by atoms with Crippen LogP contribution in [0.25, 0.3) is 6.08 Å². The standard InChI is InChI=1S/C21H29IO4/c1-5-14(3)17(9-10-23)19(24)8-7-15(6-2)11-16-12-18(22)21(25)20(13-16)26-4/h9,11-13,19,23-25H,3,5-8,10H2,1-2,4H3/b15-11+,17-9-. The van der Waals surface area contributed by atoms with Gasteiger partial charge < -0.3 is 20.1 Å². The Morgan fingerprint density at radius 2 is 2.00 bits per heavy atom. The molecule has 1 aromatic carbocycles. The summed E-state index contributed by atoms with van der Waals surface area (Å²) in [7, 11) is 1.53. The first-order valence-corrected chi connectivity index (χ1v) is 9.88. The van der Waals surface area contributed by atoms with Crippen LogP contribution in [0.1, 0.15) is 45.1 Å². The van der Waals surface area contributed by atoms with Crippen LogP contribution in [0, 0.1) is 3.57 Å². The minimum Gasteiger partial charge on any atom is -0.504 e. The van der Waals surface area contributed by atoms with Gasteiger partial charge in [-0.15, -0.1) is 0 Å². The summed E-state index contributed by atoms with van der Waals surface area (Å²) in [4.78, 5) is 0. The number of methoxy groups -OCH3 is 1. The Kier molecular flexibility index (Phi) is 9.98. The summed E-state index contributed by atoms with van der Waals surface area (Å²) >= 11 is 2.08. The molecular formula is C21H29IO4. The van der Waals surface area contributed by atoms with Gasteiger partial charge in [-0.3, -0.25) is 0 Å². The molecule has 0 fully saturated rings.